The third kappa shape index (κ3) is 1.53. The highest BCUT2D eigenvalue weighted by atomic mass is 16.4. The molecule has 4 heteroatoms. The minimum Gasteiger partial charge on any atom is -0.481 e. The van der Waals surface area contributed by atoms with E-state index in [0.29, 0.717) is 6.54 Å². The van der Waals surface area contributed by atoms with Crippen LogP contribution >= 0.6 is 0 Å². The fourth-order valence-electron chi connectivity index (χ4n) is 1.87. The summed E-state index contributed by atoms with van der Waals surface area (Å²) in [5.41, 5.74) is -0.384. The first-order valence-electron chi connectivity index (χ1n) is 4.43. The van der Waals surface area contributed by atoms with Crippen LogP contribution in [-0.4, -0.2) is 23.5 Å². The monoisotopic (exact) mass is 185 g/mol. The molecule has 0 aromatic rings. The zero-order chi connectivity index (χ0) is 10.2. The molecule has 0 radical (unpaired) electrons. The van der Waals surface area contributed by atoms with Crippen LogP contribution < -0.4 is 5.32 Å². The van der Waals surface area contributed by atoms with E-state index in [1.807, 2.05) is 20.8 Å². The van der Waals surface area contributed by atoms with E-state index in [4.69, 9.17) is 5.11 Å². The molecule has 2 N–H and O–H groups in total. The lowest BCUT2D eigenvalue weighted by Gasteiger charge is -2.01. The second-order valence-corrected chi connectivity index (χ2v) is 4.01. The van der Waals surface area contributed by atoms with Crippen molar-refractivity contribution in [1.29, 1.82) is 0 Å². The van der Waals surface area contributed by atoms with Crippen molar-refractivity contribution < 1.29 is 14.7 Å². The first-order valence-corrected chi connectivity index (χ1v) is 4.43. The average molecular weight is 185 g/mol. The van der Waals surface area contributed by atoms with Crippen LogP contribution in [0.15, 0.2) is 0 Å². The van der Waals surface area contributed by atoms with Gasteiger partial charge in [-0.1, -0.05) is 13.8 Å². The van der Waals surface area contributed by atoms with E-state index in [1.54, 1.807) is 0 Å². The molecule has 2 atom stereocenters. The van der Waals surface area contributed by atoms with Crippen molar-refractivity contribution in [1.82, 2.24) is 5.32 Å². The van der Waals surface area contributed by atoms with E-state index < -0.39 is 11.9 Å². The number of carbonyl (C=O) groups is 2. The second kappa shape index (κ2) is 3.01. The first kappa shape index (κ1) is 10.0. The summed E-state index contributed by atoms with van der Waals surface area (Å²) >= 11 is 0. The molecule has 0 spiro atoms. The number of carbonyl (C=O) groups excluding carboxylic acids is 1. The maximum atomic E-state index is 11.4. The van der Waals surface area contributed by atoms with Crippen molar-refractivity contribution in [3.8, 4) is 0 Å². The minimum atomic E-state index is -0.874. The number of carboxylic acid groups (broad SMARTS) is 1. The van der Waals surface area contributed by atoms with Crippen LogP contribution in [-0.2, 0) is 9.59 Å². The van der Waals surface area contributed by atoms with Gasteiger partial charge < -0.3 is 10.4 Å². The summed E-state index contributed by atoms with van der Waals surface area (Å²) in [5, 5.41) is 11.4. The van der Waals surface area contributed by atoms with E-state index in [2.05, 4.69) is 5.32 Å². The number of carboxylic acids is 1. The van der Waals surface area contributed by atoms with Crippen molar-refractivity contribution in [2.24, 2.45) is 17.3 Å². The summed E-state index contributed by atoms with van der Waals surface area (Å²) in [6.45, 7) is 6.00. The molecule has 0 bridgehead atoms. The van der Waals surface area contributed by atoms with Crippen molar-refractivity contribution in [2.45, 2.75) is 20.8 Å². The molecule has 13 heavy (non-hydrogen) atoms. The molecule has 1 rings (SSSR count). The number of rotatable bonds is 3. The van der Waals surface area contributed by atoms with Gasteiger partial charge in [0.25, 0.3) is 0 Å². The van der Waals surface area contributed by atoms with Gasteiger partial charge in [-0.25, -0.2) is 0 Å². The van der Waals surface area contributed by atoms with E-state index in [1.165, 1.54) is 0 Å². The number of hydrogen-bond acceptors (Lipinski definition) is 2. The van der Waals surface area contributed by atoms with Gasteiger partial charge in [0.15, 0.2) is 0 Å². The molecule has 74 valence electrons. The summed E-state index contributed by atoms with van der Waals surface area (Å²) < 4.78 is 0. The normalized spacial score (nSPS) is 29.5. The van der Waals surface area contributed by atoms with Crippen LogP contribution in [0.3, 0.4) is 0 Å². The Labute approximate surface area is 77.3 Å². The standard InChI is InChI=1S/C9H15NO3/c1-4-10-7(11)5-6(8(12)13)9(5,2)3/h5-6H,4H2,1-3H3,(H,10,11)(H,12,13). The van der Waals surface area contributed by atoms with Gasteiger partial charge in [0, 0.05) is 6.54 Å². The molecule has 1 amide bonds. The van der Waals surface area contributed by atoms with Crippen LogP contribution in [0, 0.1) is 17.3 Å². The van der Waals surface area contributed by atoms with Crippen LogP contribution in [0.4, 0.5) is 0 Å². The lowest BCUT2D eigenvalue weighted by molar-refractivity contribution is -0.140. The molecule has 0 aliphatic heterocycles. The van der Waals surface area contributed by atoms with Crippen LogP contribution in [0.25, 0.3) is 0 Å². The molecule has 0 saturated heterocycles. The van der Waals surface area contributed by atoms with Crippen molar-refractivity contribution in [3.05, 3.63) is 0 Å². The molecule has 0 aromatic carbocycles. The Hall–Kier alpha value is -1.06. The molecule has 4 nitrogen and oxygen atoms in total. The topological polar surface area (TPSA) is 66.4 Å². The maximum absolute atomic E-state index is 11.4. The Kier molecular flexibility index (Phi) is 2.32. The van der Waals surface area contributed by atoms with Gasteiger partial charge in [-0.05, 0) is 12.3 Å². The molecule has 1 aliphatic rings. The highest BCUT2D eigenvalue weighted by Crippen LogP contribution is 2.58. The van der Waals surface area contributed by atoms with E-state index in [-0.39, 0.29) is 17.2 Å². The van der Waals surface area contributed by atoms with Crippen LogP contribution in [0.1, 0.15) is 20.8 Å². The summed E-state index contributed by atoms with van der Waals surface area (Å²) in [4.78, 5) is 22.1. The van der Waals surface area contributed by atoms with Gasteiger partial charge in [-0.2, -0.15) is 0 Å². The zero-order valence-electron chi connectivity index (χ0n) is 8.13. The Balaban J connectivity index is 2.65. The van der Waals surface area contributed by atoms with E-state index >= 15 is 0 Å². The highest BCUT2D eigenvalue weighted by Gasteiger charge is 2.65. The summed E-state index contributed by atoms with van der Waals surface area (Å²) in [6.07, 6.45) is 0. The molecular weight excluding hydrogens is 170 g/mol. The highest BCUT2D eigenvalue weighted by molar-refractivity contribution is 5.91. The molecule has 0 aromatic heterocycles. The number of aliphatic carboxylic acids is 1. The fourth-order valence-corrected chi connectivity index (χ4v) is 1.87. The second-order valence-electron chi connectivity index (χ2n) is 4.01. The third-order valence-corrected chi connectivity index (χ3v) is 2.73. The van der Waals surface area contributed by atoms with Gasteiger partial charge >= 0.3 is 5.97 Å². The maximum Gasteiger partial charge on any atom is 0.307 e. The SMILES string of the molecule is CCNC(=O)C1C(C(=O)O)C1(C)C. The zero-order valence-corrected chi connectivity index (χ0v) is 8.13. The Bertz CT molecular complexity index is 247. The quantitative estimate of drug-likeness (QED) is 0.672. The van der Waals surface area contributed by atoms with Crippen molar-refractivity contribution in [3.63, 3.8) is 0 Å². The van der Waals surface area contributed by atoms with E-state index in [9.17, 15) is 9.59 Å². The third-order valence-electron chi connectivity index (χ3n) is 2.73. The number of hydrogen-bond donors (Lipinski definition) is 2. The van der Waals surface area contributed by atoms with Crippen LogP contribution in [0.5, 0.6) is 0 Å². The lowest BCUT2D eigenvalue weighted by Crippen LogP contribution is -2.26. The Morgan fingerprint density at radius 3 is 2.23 bits per heavy atom. The predicted octanol–water partition coefficient (Wildman–Crippen LogP) is 0.479. The summed E-state index contributed by atoms with van der Waals surface area (Å²) in [5.74, 6) is -1.88. The number of amides is 1. The average Bonchev–Trinajstić information content (AvgIpc) is 2.54. The summed E-state index contributed by atoms with van der Waals surface area (Å²) in [6, 6.07) is 0. The minimum absolute atomic E-state index is 0.139. The van der Waals surface area contributed by atoms with Gasteiger partial charge in [0.05, 0.1) is 11.8 Å². The molecule has 1 saturated carbocycles. The first-order chi connectivity index (χ1) is 5.92. The number of nitrogens with one attached hydrogen (secondary N) is 1. The van der Waals surface area contributed by atoms with Crippen molar-refractivity contribution in [2.75, 3.05) is 6.54 Å². The van der Waals surface area contributed by atoms with E-state index in [0.717, 1.165) is 0 Å². The smallest absolute Gasteiger partial charge is 0.307 e. The molecule has 0 heterocycles. The molecule has 1 aliphatic carbocycles. The summed E-state index contributed by atoms with van der Waals surface area (Å²) in [7, 11) is 0. The Morgan fingerprint density at radius 1 is 1.38 bits per heavy atom. The van der Waals surface area contributed by atoms with Gasteiger partial charge in [-0.3, -0.25) is 9.59 Å². The fraction of sp³-hybridized carbons (Fsp3) is 0.778. The largest absolute Gasteiger partial charge is 0.481 e. The predicted molar refractivity (Wildman–Crippen MR) is 47.1 cm³/mol. The van der Waals surface area contributed by atoms with Gasteiger partial charge in [-0.15, -0.1) is 0 Å². The molecule has 1 fully saturated rings. The molecular formula is C9H15NO3. The van der Waals surface area contributed by atoms with Crippen LogP contribution in [0.2, 0.25) is 0 Å². The van der Waals surface area contributed by atoms with Crippen molar-refractivity contribution >= 4 is 11.9 Å². The molecule has 2 unspecified atom stereocenters. The Morgan fingerprint density at radius 2 is 1.92 bits per heavy atom. The van der Waals surface area contributed by atoms with Gasteiger partial charge in [0.1, 0.15) is 0 Å². The van der Waals surface area contributed by atoms with Gasteiger partial charge in [0.2, 0.25) is 5.91 Å². The lowest BCUT2D eigenvalue weighted by atomic mass is 10.1.